The van der Waals surface area contributed by atoms with Crippen LogP contribution in [0.1, 0.15) is 25.1 Å². The lowest BCUT2D eigenvalue weighted by molar-refractivity contribution is 0.135. The summed E-state index contributed by atoms with van der Waals surface area (Å²) in [5.41, 5.74) is 1.43. The van der Waals surface area contributed by atoms with E-state index in [4.69, 9.17) is 14.6 Å². The molecule has 1 N–H and O–H groups in total. The zero-order valence-corrected chi connectivity index (χ0v) is 11.5. The molecule has 0 saturated heterocycles. The highest BCUT2D eigenvalue weighted by Gasteiger charge is 2.32. The minimum atomic E-state index is -0.214. The van der Waals surface area contributed by atoms with Gasteiger partial charge in [0.1, 0.15) is 5.60 Å². The Kier molecular flexibility index (Phi) is 3.06. The van der Waals surface area contributed by atoms with E-state index >= 15 is 0 Å². The van der Waals surface area contributed by atoms with E-state index in [2.05, 4.69) is 10.2 Å². The van der Waals surface area contributed by atoms with Crippen LogP contribution in [0, 0.1) is 0 Å². The van der Waals surface area contributed by atoms with Crippen LogP contribution in [-0.2, 0) is 13.0 Å². The number of nitrogens with zero attached hydrogens (tertiary/aromatic N) is 2. The third-order valence-corrected chi connectivity index (χ3v) is 3.13. The molecular weight excluding hydrogens is 256 g/mol. The Labute approximate surface area is 117 Å². The number of hydrogen-bond donors (Lipinski definition) is 1. The first kappa shape index (κ1) is 12.9. The summed E-state index contributed by atoms with van der Waals surface area (Å²) in [6.07, 6.45) is 0.856. The second-order valence-corrected chi connectivity index (χ2v) is 5.41. The van der Waals surface area contributed by atoms with Crippen molar-refractivity contribution in [2.75, 3.05) is 0 Å². The van der Waals surface area contributed by atoms with E-state index in [1.807, 2.05) is 32.0 Å². The van der Waals surface area contributed by atoms with E-state index in [1.165, 1.54) is 0 Å². The first-order valence-electron chi connectivity index (χ1n) is 6.50. The van der Waals surface area contributed by atoms with Crippen molar-refractivity contribution in [1.82, 2.24) is 10.2 Å². The molecular formula is C15H16N2O3. The van der Waals surface area contributed by atoms with Gasteiger partial charge >= 0.3 is 0 Å². The monoisotopic (exact) mass is 272 g/mol. The molecule has 0 fully saturated rings. The van der Waals surface area contributed by atoms with E-state index in [0.29, 0.717) is 17.3 Å². The van der Waals surface area contributed by atoms with E-state index in [0.717, 1.165) is 17.7 Å². The number of hydrogen-bond acceptors (Lipinski definition) is 5. The second kappa shape index (κ2) is 4.76. The number of rotatable bonds is 3. The van der Waals surface area contributed by atoms with Crippen LogP contribution in [-0.4, -0.2) is 20.9 Å². The standard InChI is InChI=1S/C15H16N2O3/c1-15(2)8-10-4-3-5-12(14(10)20-15)19-13-7-6-11(9-18)16-17-13/h3-7,18H,8-9H2,1-2H3. The van der Waals surface area contributed by atoms with E-state index in [1.54, 1.807) is 12.1 Å². The second-order valence-electron chi connectivity index (χ2n) is 5.41. The fraction of sp³-hybridized carbons (Fsp3) is 0.333. The van der Waals surface area contributed by atoms with Crippen molar-refractivity contribution < 1.29 is 14.6 Å². The lowest BCUT2D eigenvalue weighted by Crippen LogP contribution is -2.24. The highest BCUT2D eigenvalue weighted by molar-refractivity contribution is 5.51. The topological polar surface area (TPSA) is 64.5 Å². The van der Waals surface area contributed by atoms with Crippen LogP contribution in [0.15, 0.2) is 30.3 Å². The van der Waals surface area contributed by atoms with Gasteiger partial charge in [0.2, 0.25) is 5.88 Å². The van der Waals surface area contributed by atoms with Crippen molar-refractivity contribution in [2.24, 2.45) is 0 Å². The summed E-state index contributed by atoms with van der Waals surface area (Å²) < 4.78 is 11.7. The molecule has 1 aliphatic heterocycles. The number of aromatic nitrogens is 2. The molecule has 1 aromatic carbocycles. The molecule has 20 heavy (non-hydrogen) atoms. The summed E-state index contributed by atoms with van der Waals surface area (Å²) in [5, 5.41) is 16.7. The van der Waals surface area contributed by atoms with Gasteiger partial charge in [0.15, 0.2) is 11.5 Å². The van der Waals surface area contributed by atoms with Crippen LogP contribution in [0.4, 0.5) is 0 Å². The van der Waals surface area contributed by atoms with Gasteiger partial charge in [-0.3, -0.25) is 0 Å². The number of benzene rings is 1. The molecule has 0 bridgehead atoms. The lowest BCUT2D eigenvalue weighted by atomic mass is 10.0. The number of fused-ring (bicyclic) bond motifs is 1. The number of aliphatic hydroxyl groups is 1. The zero-order chi connectivity index (χ0) is 14.2. The van der Waals surface area contributed by atoms with Crippen molar-refractivity contribution >= 4 is 0 Å². The van der Waals surface area contributed by atoms with Crippen LogP contribution < -0.4 is 9.47 Å². The summed E-state index contributed by atoms with van der Waals surface area (Å²) in [6, 6.07) is 9.18. The molecule has 1 aliphatic rings. The quantitative estimate of drug-likeness (QED) is 0.929. The predicted octanol–water partition coefficient (Wildman–Crippen LogP) is 2.47. The van der Waals surface area contributed by atoms with Crippen LogP contribution >= 0.6 is 0 Å². The fourth-order valence-electron chi connectivity index (χ4n) is 2.27. The van der Waals surface area contributed by atoms with Crippen molar-refractivity contribution in [3.63, 3.8) is 0 Å². The lowest BCUT2D eigenvalue weighted by Gasteiger charge is -2.18. The van der Waals surface area contributed by atoms with Gasteiger partial charge in [0, 0.05) is 18.1 Å². The Hall–Kier alpha value is -2.14. The van der Waals surface area contributed by atoms with Crippen molar-refractivity contribution in [3.8, 4) is 17.4 Å². The first-order chi connectivity index (χ1) is 9.57. The molecule has 104 valence electrons. The molecule has 5 nitrogen and oxygen atoms in total. The average Bonchev–Trinajstić information content (AvgIpc) is 2.75. The van der Waals surface area contributed by atoms with E-state index in [-0.39, 0.29) is 12.2 Å². The molecule has 0 saturated carbocycles. The highest BCUT2D eigenvalue weighted by atomic mass is 16.5. The molecule has 0 amide bonds. The van der Waals surface area contributed by atoms with E-state index in [9.17, 15) is 0 Å². The normalized spacial score (nSPS) is 15.6. The van der Waals surface area contributed by atoms with Gasteiger partial charge in [-0.2, -0.15) is 0 Å². The van der Waals surface area contributed by atoms with Gasteiger partial charge < -0.3 is 14.6 Å². The number of ether oxygens (including phenoxy) is 2. The molecule has 3 rings (SSSR count). The largest absolute Gasteiger partial charge is 0.483 e. The zero-order valence-electron chi connectivity index (χ0n) is 11.5. The van der Waals surface area contributed by atoms with Crippen molar-refractivity contribution in [1.29, 1.82) is 0 Å². The Balaban J connectivity index is 1.87. The molecule has 0 radical (unpaired) electrons. The summed E-state index contributed by atoms with van der Waals surface area (Å²) in [5.74, 6) is 1.79. The summed E-state index contributed by atoms with van der Waals surface area (Å²) >= 11 is 0. The van der Waals surface area contributed by atoms with Gasteiger partial charge in [0.25, 0.3) is 0 Å². The maximum atomic E-state index is 8.94. The third-order valence-electron chi connectivity index (χ3n) is 3.13. The molecule has 5 heteroatoms. The van der Waals surface area contributed by atoms with Crippen molar-refractivity contribution in [2.45, 2.75) is 32.5 Å². The van der Waals surface area contributed by atoms with Crippen LogP contribution in [0.2, 0.25) is 0 Å². The van der Waals surface area contributed by atoms with Gasteiger partial charge in [-0.15, -0.1) is 10.2 Å². The summed E-state index contributed by atoms with van der Waals surface area (Å²) in [7, 11) is 0. The summed E-state index contributed by atoms with van der Waals surface area (Å²) in [6.45, 7) is 3.96. The molecule has 0 atom stereocenters. The third kappa shape index (κ3) is 2.44. The van der Waals surface area contributed by atoms with Gasteiger partial charge in [-0.1, -0.05) is 12.1 Å². The fourth-order valence-corrected chi connectivity index (χ4v) is 2.27. The molecule has 0 spiro atoms. The van der Waals surface area contributed by atoms with Crippen LogP contribution in [0.5, 0.6) is 17.4 Å². The molecule has 0 aliphatic carbocycles. The smallest absolute Gasteiger partial charge is 0.239 e. The maximum Gasteiger partial charge on any atom is 0.239 e. The Morgan fingerprint density at radius 2 is 2.10 bits per heavy atom. The molecule has 2 aromatic rings. The SMILES string of the molecule is CC1(C)Cc2cccc(Oc3ccc(CO)nn3)c2O1. The Morgan fingerprint density at radius 3 is 2.80 bits per heavy atom. The predicted molar refractivity (Wildman–Crippen MR) is 72.9 cm³/mol. The summed E-state index contributed by atoms with van der Waals surface area (Å²) in [4.78, 5) is 0. The van der Waals surface area contributed by atoms with Crippen LogP contribution in [0.3, 0.4) is 0 Å². The van der Waals surface area contributed by atoms with Gasteiger partial charge in [-0.05, 0) is 26.0 Å². The van der Waals surface area contributed by atoms with Crippen LogP contribution in [0.25, 0.3) is 0 Å². The Morgan fingerprint density at radius 1 is 1.25 bits per heavy atom. The van der Waals surface area contributed by atoms with Crippen molar-refractivity contribution in [3.05, 3.63) is 41.6 Å². The minimum absolute atomic E-state index is 0.134. The highest BCUT2D eigenvalue weighted by Crippen LogP contribution is 2.42. The van der Waals surface area contributed by atoms with Gasteiger partial charge in [-0.25, -0.2) is 0 Å². The van der Waals surface area contributed by atoms with Gasteiger partial charge in [0.05, 0.1) is 12.3 Å². The number of aliphatic hydroxyl groups excluding tert-OH is 1. The van der Waals surface area contributed by atoms with E-state index < -0.39 is 0 Å². The molecule has 0 unspecified atom stereocenters. The molecule has 1 aromatic heterocycles. The first-order valence-corrected chi connectivity index (χ1v) is 6.50. The average molecular weight is 272 g/mol. The Bertz CT molecular complexity index is 624. The molecule has 2 heterocycles. The number of para-hydroxylation sites is 1. The minimum Gasteiger partial charge on any atom is -0.483 e. The maximum absolute atomic E-state index is 8.94.